The van der Waals surface area contributed by atoms with Gasteiger partial charge in [-0.1, -0.05) is 0 Å². The van der Waals surface area contributed by atoms with E-state index in [4.69, 9.17) is 14.2 Å². The van der Waals surface area contributed by atoms with Crippen molar-refractivity contribution in [2.24, 2.45) is 0 Å². The van der Waals surface area contributed by atoms with Gasteiger partial charge in [-0.2, -0.15) is 0 Å². The Morgan fingerprint density at radius 3 is 2.58 bits per heavy atom. The van der Waals surface area contributed by atoms with E-state index in [2.05, 4.69) is 10.3 Å². The molecule has 0 aliphatic heterocycles. The maximum atomic E-state index is 12.7. The molecule has 0 unspecified atom stereocenters. The van der Waals surface area contributed by atoms with Crippen molar-refractivity contribution < 1.29 is 19.0 Å². The molecule has 6 nitrogen and oxygen atoms in total. The third-order valence-electron chi connectivity index (χ3n) is 4.24. The van der Waals surface area contributed by atoms with E-state index in [-0.39, 0.29) is 5.91 Å². The highest BCUT2D eigenvalue weighted by Crippen LogP contribution is 2.34. The van der Waals surface area contributed by atoms with Crippen molar-refractivity contribution in [1.82, 2.24) is 4.98 Å². The molecule has 0 bridgehead atoms. The summed E-state index contributed by atoms with van der Waals surface area (Å²) in [6.07, 6.45) is 3.60. The Labute approximate surface area is 143 Å². The lowest BCUT2D eigenvalue weighted by atomic mass is 10.0. The van der Waals surface area contributed by atoms with Crippen LogP contribution in [-0.2, 0) is 14.3 Å². The van der Waals surface area contributed by atoms with E-state index in [1.807, 2.05) is 26.8 Å². The van der Waals surface area contributed by atoms with Crippen molar-refractivity contribution in [1.29, 1.82) is 0 Å². The number of carbonyl (C=O) groups is 1. The van der Waals surface area contributed by atoms with Crippen LogP contribution in [0.15, 0.2) is 12.1 Å². The zero-order chi connectivity index (χ0) is 17.4. The molecule has 1 N–H and O–H groups in total. The van der Waals surface area contributed by atoms with Crippen molar-refractivity contribution in [3.8, 4) is 5.88 Å². The van der Waals surface area contributed by atoms with E-state index in [1.54, 1.807) is 6.07 Å². The molecular formula is C18H28N2O4. The smallest absolute Gasteiger partial charge is 0.256 e. The number of aryl methyl sites for hydroxylation is 1. The van der Waals surface area contributed by atoms with Crippen LogP contribution in [0.4, 0.5) is 5.69 Å². The number of anilines is 1. The first-order valence-corrected chi connectivity index (χ1v) is 8.75. The van der Waals surface area contributed by atoms with Gasteiger partial charge in [-0.05, 0) is 52.5 Å². The largest absolute Gasteiger partial charge is 0.475 e. The molecule has 1 saturated carbocycles. The van der Waals surface area contributed by atoms with Crippen LogP contribution >= 0.6 is 0 Å². The van der Waals surface area contributed by atoms with Crippen molar-refractivity contribution in [2.45, 2.75) is 52.1 Å². The minimum Gasteiger partial charge on any atom is -0.475 e. The molecule has 0 saturated heterocycles. The van der Waals surface area contributed by atoms with Crippen molar-refractivity contribution in [3.05, 3.63) is 17.8 Å². The molecule has 0 radical (unpaired) electrons. The lowest BCUT2D eigenvalue weighted by molar-refractivity contribution is -0.140. The number of carbonyl (C=O) groups excluding carboxylic acids is 1. The van der Waals surface area contributed by atoms with Crippen LogP contribution in [0.1, 0.15) is 45.2 Å². The molecule has 1 aliphatic carbocycles. The lowest BCUT2D eigenvalue weighted by Crippen LogP contribution is -2.43. The number of hydrogen-bond acceptors (Lipinski definition) is 5. The topological polar surface area (TPSA) is 69.7 Å². The third kappa shape index (κ3) is 4.68. The third-order valence-corrected chi connectivity index (χ3v) is 4.24. The molecule has 134 valence electrons. The van der Waals surface area contributed by atoms with E-state index in [1.165, 1.54) is 0 Å². The van der Waals surface area contributed by atoms with Crippen molar-refractivity contribution >= 4 is 11.6 Å². The van der Waals surface area contributed by atoms with Crippen LogP contribution in [0.5, 0.6) is 5.88 Å². The van der Waals surface area contributed by atoms with Gasteiger partial charge >= 0.3 is 0 Å². The quantitative estimate of drug-likeness (QED) is 0.702. The predicted octanol–water partition coefficient (Wildman–Crippen LogP) is 3.09. The normalized spacial score (nSPS) is 16.1. The summed E-state index contributed by atoms with van der Waals surface area (Å²) in [5.41, 5.74) is 0.735. The minimum absolute atomic E-state index is 0.0724. The first-order chi connectivity index (χ1) is 11.6. The van der Waals surface area contributed by atoms with Gasteiger partial charge in [0.1, 0.15) is 12.2 Å². The highest BCUT2D eigenvalue weighted by Gasteiger charge is 2.42. The van der Waals surface area contributed by atoms with Crippen molar-refractivity contribution in [3.63, 3.8) is 0 Å². The van der Waals surface area contributed by atoms with Crippen molar-refractivity contribution in [2.75, 3.05) is 31.7 Å². The summed E-state index contributed by atoms with van der Waals surface area (Å²) in [5.74, 6) is 0.461. The number of rotatable bonds is 9. The molecule has 2 rings (SSSR count). The second-order valence-corrected chi connectivity index (χ2v) is 5.92. The van der Waals surface area contributed by atoms with Gasteiger partial charge in [-0.15, -0.1) is 0 Å². The zero-order valence-corrected chi connectivity index (χ0v) is 14.9. The molecule has 0 spiro atoms. The summed E-state index contributed by atoms with van der Waals surface area (Å²) in [5, 5.41) is 2.97. The number of ether oxygens (including phenoxy) is 3. The van der Waals surface area contributed by atoms with E-state index in [9.17, 15) is 4.79 Å². The second-order valence-electron chi connectivity index (χ2n) is 5.92. The lowest BCUT2D eigenvalue weighted by Gasteiger charge is -2.27. The van der Waals surface area contributed by atoms with Crippen LogP contribution in [0.25, 0.3) is 0 Å². The minimum atomic E-state index is -0.687. The van der Waals surface area contributed by atoms with Gasteiger partial charge in [0, 0.05) is 19.3 Å². The molecule has 24 heavy (non-hydrogen) atoms. The first-order valence-electron chi connectivity index (χ1n) is 8.75. The van der Waals surface area contributed by atoms with Crippen LogP contribution in [-0.4, -0.2) is 42.9 Å². The Morgan fingerprint density at radius 1 is 1.21 bits per heavy atom. The molecule has 1 aromatic rings. The number of hydrogen-bond donors (Lipinski definition) is 1. The number of nitrogens with zero attached hydrogens (tertiary/aromatic N) is 1. The van der Waals surface area contributed by atoms with E-state index in [0.717, 1.165) is 31.4 Å². The Kier molecular flexibility index (Phi) is 6.99. The molecule has 1 heterocycles. The molecular weight excluding hydrogens is 308 g/mol. The Bertz CT molecular complexity index is 542. The highest BCUT2D eigenvalue weighted by atomic mass is 16.5. The Balaban J connectivity index is 1.98. The van der Waals surface area contributed by atoms with Crippen LogP contribution in [0.2, 0.25) is 0 Å². The van der Waals surface area contributed by atoms with E-state index >= 15 is 0 Å². The molecule has 6 heteroatoms. The summed E-state index contributed by atoms with van der Waals surface area (Å²) < 4.78 is 16.6. The summed E-state index contributed by atoms with van der Waals surface area (Å²) in [7, 11) is 0. The molecule has 0 aromatic carbocycles. The average Bonchev–Trinajstić information content (AvgIpc) is 3.04. The fourth-order valence-electron chi connectivity index (χ4n) is 3.00. The Morgan fingerprint density at radius 2 is 1.96 bits per heavy atom. The van der Waals surface area contributed by atoms with Crippen LogP contribution < -0.4 is 10.1 Å². The molecule has 1 aromatic heterocycles. The molecule has 0 atom stereocenters. The maximum absolute atomic E-state index is 12.7. The SMILES string of the molecule is CCOCCOc1ccc(NC(=O)C2(OCC)CCCC2)c(C)n1. The maximum Gasteiger partial charge on any atom is 0.256 e. The number of aromatic nitrogens is 1. The van der Waals surface area contributed by atoms with Gasteiger partial charge in [0.15, 0.2) is 0 Å². The number of nitrogens with one attached hydrogen (secondary N) is 1. The Hall–Kier alpha value is -1.66. The zero-order valence-electron chi connectivity index (χ0n) is 14.9. The fourth-order valence-corrected chi connectivity index (χ4v) is 3.00. The van der Waals surface area contributed by atoms with Gasteiger partial charge in [0.25, 0.3) is 5.91 Å². The predicted molar refractivity (Wildman–Crippen MR) is 92.4 cm³/mol. The summed E-state index contributed by atoms with van der Waals surface area (Å²) in [6.45, 7) is 7.92. The van der Waals surface area contributed by atoms with Gasteiger partial charge in [-0.25, -0.2) is 4.98 Å². The van der Waals surface area contributed by atoms with E-state index in [0.29, 0.717) is 38.0 Å². The monoisotopic (exact) mass is 336 g/mol. The molecule has 1 amide bonds. The van der Waals surface area contributed by atoms with E-state index < -0.39 is 5.60 Å². The number of amides is 1. The van der Waals surface area contributed by atoms with Gasteiger partial charge in [0.05, 0.1) is 18.0 Å². The summed E-state index contributed by atoms with van der Waals surface area (Å²) >= 11 is 0. The fraction of sp³-hybridized carbons (Fsp3) is 0.667. The highest BCUT2D eigenvalue weighted by molar-refractivity contribution is 5.98. The van der Waals surface area contributed by atoms with Crippen LogP contribution in [0.3, 0.4) is 0 Å². The summed E-state index contributed by atoms with van der Waals surface area (Å²) in [6, 6.07) is 3.58. The standard InChI is InChI=1S/C18H28N2O4/c1-4-22-12-13-23-16-9-8-15(14(3)19-16)20-17(21)18(24-5-2)10-6-7-11-18/h8-9H,4-7,10-13H2,1-3H3,(H,20,21). The van der Waals surface area contributed by atoms with Gasteiger partial charge < -0.3 is 19.5 Å². The van der Waals surface area contributed by atoms with Gasteiger partial charge in [0.2, 0.25) is 5.88 Å². The molecule has 1 fully saturated rings. The average molecular weight is 336 g/mol. The first kappa shape index (κ1) is 18.7. The van der Waals surface area contributed by atoms with Gasteiger partial charge in [-0.3, -0.25) is 4.79 Å². The number of pyridine rings is 1. The van der Waals surface area contributed by atoms with Crippen LogP contribution in [0, 0.1) is 6.92 Å². The second kappa shape index (κ2) is 8.99. The summed E-state index contributed by atoms with van der Waals surface area (Å²) in [4.78, 5) is 17.1. The molecule has 1 aliphatic rings.